The van der Waals surface area contributed by atoms with Crippen LogP contribution in [0.25, 0.3) is 0 Å². The van der Waals surface area contributed by atoms with Gasteiger partial charge in [0.2, 0.25) is 0 Å². The Morgan fingerprint density at radius 2 is 1.76 bits per heavy atom. The molecule has 25 heavy (non-hydrogen) atoms. The van der Waals surface area contributed by atoms with Crippen molar-refractivity contribution in [3.8, 4) is 5.75 Å². The molecule has 1 fully saturated rings. The van der Waals surface area contributed by atoms with Crippen molar-refractivity contribution in [2.75, 3.05) is 32.8 Å². The van der Waals surface area contributed by atoms with Gasteiger partial charge in [-0.15, -0.1) is 0 Å². The number of piperazine rings is 1. The molecule has 6 heteroatoms. The summed E-state index contributed by atoms with van der Waals surface area (Å²) in [6.45, 7) is 4.03. The Kier molecular flexibility index (Phi) is 5.28. The van der Waals surface area contributed by atoms with Crippen LogP contribution in [0.3, 0.4) is 0 Å². The Hall–Kier alpha value is -2.89. The van der Waals surface area contributed by atoms with E-state index in [2.05, 4.69) is 4.98 Å². The topological polar surface area (TPSA) is 62.7 Å². The summed E-state index contributed by atoms with van der Waals surface area (Å²) in [4.78, 5) is 32.2. The summed E-state index contributed by atoms with van der Waals surface area (Å²) < 4.78 is 5.62. The number of carbonyl (C=O) groups is 2. The van der Waals surface area contributed by atoms with Gasteiger partial charge in [0.05, 0.1) is 5.56 Å². The summed E-state index contributed by atoms with van der Waals surface area (Å²) in [5.74, 6) is 0.620. The average molecular weight is 339 g/mol. The van der Waals surface area contributed by atoms with Crippen LogP contribution < -0.4 is 4.74 Å². The zero-order valence-electron chi connectivity index (χ0n) is 14.2. The maximum atomic E-state index is 12.4. The van der Waals surface area contributed by atoms with Gasteiger partial charge in [0.25, 0.3) is 11.8 Å². The Bertz CT molecular complexity index is 741. The van der Waals surface area contributed by atoms with Gasteiger partial charge in [0.1, 0.15) is 5.75 Å². The molecule has 0 saturated carbocycles. The molecule has 130 valence electrons. The summed E-state index contributed by atoms with van der Waals surface area (Å²) in [5.41, 5.74) is 1.58. The molecule has 0 atom stereocenters. The predicted molar refractivity (Wildman–Crippen MR) is 93.4 cm³/mol. The molecular weight excluding hydrogens is 318 g/mol. The van der Waals surface area contributed by atoms with Crippen molar-refractivity contribution in [1.29, 1.82) is 0 Å². The van der Waals surface area contributed by atoms with E-state index in [9.17, 15) is 9.59 Å². The fourth-order valence-corrected chi connectivity index (χ4v) is 2.78. The summed E-state index contributed by atoms with van der Waals surface area (Å²) in [5, 5.41) is 0. The van der Waals surface area contributed by atoms with Crippen LogP contribution in [0, 0.1) is 6.92 Å². The van der Waals surface area contributed by atoms with E-state index in [-0.39, 0.29) is 18.4 Å². The number of rotatable bonds is 4. The van der Waals surface area contributed by atoms with Crippen LogP contribution >= 0.6 is 0 Å². The van der Waals surface area contributed by atoms with Crippen molar-refractivity contribution in [2.45, 2.75) is 6.92 Å². The Balaban J connectivity index is 1.49. The number of hydrogen-bond acceptors (Lipinski definition) is 4. The number of aryl methyl sites for hydroxylation is 1. The number of aromatic nitrogens is 1. The molecular formula is C19H21N3O3. The normalized spacial score (nSPS) is 14.3. The molecule has 3 rings (SSSR count). The highest BCUT2D eigenvalue weighted by atomic mass is 16.5. The van der Waals surface area contributed by atoms with Crippen LogP contribution in [-0.2, 0) is 4.79 Å². The highest BCUT2D eigenvalue weighted by Crippen LogP contribution is 2.16. The molecule has 1 aliphatic heterocycles. The predicted octanol–water partition coefficient (Wildman–Crippen LogP) is 1.75. The first kappa shape index (κ1) is 17.0. The number of pyridine rings is 1. The van der Waals surface area contributed by atoms with Gasteiger partial charge in [-0.1, -0.05) is 18.2 Å². The van der Waals surface area contributed by atoms with Crippen molar-refractivity contribution in [1.82, 2.24) is 14.8 Å². The molecule has 1 aromatic heterocycles. The monoisotopic (exact) mass is 339 g/mol. The molecule has 0 aliphatic carbocycles. The van der Waals surface area contributed by atoms with Gasteiger partial charge in [-0.05, 0) is 30.7 Å². The lowest BCUT2D eigenvalue weighted by molar-refractivity contribution is -0.134. The number of ether oxygens (including phenoxy) is 1. The molecule has 0 spiro atoms. The molecule has 2 heterocycles. The van der Waals surface area contributed by atoms with Crippen LogP contribution in [0.4, 0.5) is 0 Å². The molecule has 0 radical (unpaired) electrons. The first-order valence-electron chi connectivity index (χ1n) is 8.30. The highest BCUT2D eigenvalue weighted by Gasteiger charge is 2.25. The van der Waals surface area contributed by atoms with Crippen LogP contribution in [0.2, 0.25) is 0 Å². The van der Waals surface area contributed by atoms with Gasteiger partial charge in [0, 0.05) is 38.6 Å². The van der Waals surface area contributed by atoms with E-state index in [1.165, 1.54) is 0 Å². The van der Waals surface area contributed by atoms with E-state index in [1.54, 1.807) is 34.3 Å². The van der Waals surface area contributed by atoms with Gasteiger partial charge in [-0.25, -0.2) is 0 Å². The lowest BCUT2D eigenvalue weighted by Gasteiger charge is -2.34. The quantitative estimate of drug-likeness (QED) is 0.851. The van der Waals surface area contributed by atoms with Gasteiger partial charge in [-0.3, -0.25) is 14.6 Å². The van der Waals surface area contributed by atoms with Gasteiger partial charge in [0.15, 0.2) is 6.61 Å². The zero-order chi connectivity index (χ0) is 17.6. The lowest BCUT2D eigenvalue weighted by atomic mass is 10.2. The molecule has 2 amide bonds. The molecule has 0 unspecified atom stereocenters. The third-order valence-corrected chi connectivity index (χ3v) is 4.27. The van der Waals surface area contributed by atoms with E-state index in [1.807, 2.05) is 31.2 Å². The van der Waals surface area contributed by atoms with Gasteiger partial charge >= 0.3 is 0 Å². The largest absolute Gasteiger partial charge is 0.484 e. The molecule has 0 N–H and O–H groups in total. The number of nitrogens with zero attached hydrogens (tertiary/aromatic N) is 3. The minimum Gasteiger partial charge on any atom is -0.484 e. The highest BCUT2D eigenvalue weighted by molar-refractivity contribution is 5.94. The third-order valence-electron chi connectivity index (χ3n) is 4.27. The minimum absolute atomic E-state index is 0.0153. The number of amides is 2. The maximum Gasteiger partial charge on any atom is 0.260 e. The summed E-state index contributed by atoms with van der Waals surface area (Å²) in [6, 6.07) is 11.1. The fraction of sp³-hybridized carbons (Fsp3) is 0.316. The SMILES string of the molecule is Cc1ccccc1OCC(=O)N1CCN(C(=O)c2cccnc2)CC1. The Morgan fingerprint density at radius 1 is 1.04 bits per heavy atom. The Labute approximate surface area is 147 Å². The number of para-hydroxylation sites is 1. The first-order valence-corrected chi connectivity index (χ1v) is 8.30. The van der Waals surface area contributed by atoms with Crippen molar-refractivity contribution in [2.24, 2.45) is 0 Å². The first-order chi connectivity index (χ1) is 12.1. The Morgan fingerprint density at radius 3 is 2.44 bits per heavy atom. The minimum atomic E-state index is -0.0586. The van der Waals surface area contributed by atoms with E-state index in [4.69, 9.17) is 4.74 Å². The molecule has 1 aliphatic rings. The number of carbonyl (C=O) groups excluding carboxylic acids is 2. The second-order valence-corrected chi connectivity index (χ2v) is 5.97. The van der Waals surface area contributed by atoms with Crippen molar-refractivity contribution < 1.29 is 14.3 Å². The van der Waals surface area contributed by atoms with E-state index in [0.717, 1.165) is 11.3 Å². The van der Waals surface area contributed by atoms with E-state index < -0.39 is 0 Å². The zero-order valence-corrected chi connectivity index (χ0v) is 14.2. The third kappa shape index (κ3) is 4.15. The summed E-state index contributed by atoms with van der Waals surface area (Å²) in [6.07, 6.45) is 3.21. The number of hydrogen-bond donors (Lipinski definition) is 0. The maximum absolute atomic E-state index is 12.4. The molecule has 1 saturated heterocycles. The summed E-state index contributed by atoms with van der Waals surface area (Å²) >= 11 is 0. The van der Waals surface area contributed by atoms with Crippen molar-refractivity contribution in [3.05, 3.63) is 59.9 Å². The van der Waals surface area contributed by atoms with Crippen LogP contribution in [0.1, 0.15) is 15.9 Å². The van der Waals surface area contributed by atoms with Crippen LogP contribution in [-0.4, -0.2) is 59.4 Å². The molecule has 1 aromatic carbocycles. The van der Waals surface area contributed by atoms with Crippen molar-refractivity contribution in [3.63, 3.8) is 0 Å². The standard InChI is InChI=1S/C19H21N3O3/c1-15-5-2-3-7-17(15)25-14-18(23)21-9-11-22(12-10-21)19(24)16-6-4-8-20-13-16/h2-8,13H,9-12,14H2,1H3. The van der Waals surface area contributed by atoms with Crippen LogP contribution in [0.15, 0.2) is 48.8 Å². The van der Waals surface area contributed by atoms with E-state index in [0.29, 0.717) is 31.7 Å². The van der Waals surface area contributed by atoms with Crippen molar-refractivity contribution >= 4 is 11.8 Å². The summed E-state index contributed by atoms with van der Waals surface area (Å²) in [7, 11) is 0. The molecule has 2 aromatic rings. The van der Waals surface area contributed by atoms with E-state index >= 15 is 0 Å². The average Bonchev–Trinajstić information content (AvgIpc) is 2.67. The van der Waals surface area contributed by atoms with Crippen LogP contribution in [0.5, 0.6) is 5.75 Å². The lowest BCUT2D eigenvalue weighted by Crippen LogP contribution is -2.51. The number of benzene rings is 1. The smallest absolute Gasteiger partial charge is 0.260 e. The fourth-order valence-electron chi connectivity index (χ4n) is 2.78. The van der Waals surface area contributed by atoms with Gasteiger partial charge < -0.3 is 14.5 Å². The second kappa shape index (κ2) is 7.79. The second-order valence-electron chi connectivity index (χ2n) is 5.97. The van der Waals surface area contributed by atoms with Gasteiger partial charge in [-0.2, -0.15) is 0 Å². The molecule has 0 bridgehead atoms. The molecule has 6 nitrogen and oxygen atoms in total.